The summed E-state index contributed by atoms with van der Waals surface area (Å²) in [5, 5.41) is 0. The number of rotatable bonds is 7. The van der Waals surface area contributed by atoms with Crippen molar-refractivity contribution in [3.8, 4) is 5.75 Å². The van der Waals surface area contributed by atoms with Crippen LogP contribution in [0.5, 0.6) is 5.75 Å². The van der Waals surface area contributed by atoms with Gasteiger partial charge in [-0.05, 0) is 30.3 Å². The molecule has 0 bridgehead atoms. The van der Waals surface area contributed by atoms with Crippen LogP contribution in [0, 0.1) is 5.82 Å². The number of methoxy groups -OCH3 is 1. The number of anilines is 1. The Morgan fingerprint density at radius 3 is 2.32 bits per heavy atom. The largest absolute Gasteiger partial charge is 0.495 e. The number of ether oxygens (including phenoxy) is 1. The lowest BCUT2D eigenvalue weighted by Gasteiger charge is -2.36. The van der Waals surface area contributed by atoms with Crippen LogP contribution < -0.4 is 9.64 Å². The van der Waals surface area contributed by atoms with Gasteiger partial charge in [-0.1, -0.05) is 26.0 Å². The van der Waals surface area contributed by atoms with Gasteiger partial charge < -0.3 is 14.5 Å². The number of carbonyl (C=O) groups is 1. The van der Waals surface area contributed by atoms with E-state index in [1.807, 2.05) is 24.3 Å². The molecule has 0 radical (unpaired) electrons. The van der Waals surface area contributed by atoms with E-state index < -0.39 is 21.7 Å². The molecule has 0 saturated carbocycles. The van der Waals surface area contributed by atoms with Crippen LogP contribution in [0.4, 0.5) is 10.1 Å². The first-order chi connectivity index (χ1) is 14.8. The molecule has 168 valence electrons. The molecule has 9 heteroatoms. The van der Waals surface area contributed by atoms with Gasteiger partial charge >= 0.3 is 0 Å². The van der Waals surface area contributed by atoms with E-state index in [0.29, 0.717) is 39.3 Å². The lowest BCUT2D eigenvalue weighted by Crippen LogP contribution is -2.49. The van der Waals surface area contributed by atoms with Crippen LogP contribution in [-0.4, -0.2) is 69.9 Å². The van der Waals surface area contributed by atoms with Gasteiger partial charge in [0.05, 0.1) is 23.3 Å². The lowest BCUT2D eigenvalue weighted by molar-refractivity contribution is 0.0741. The maximum absolute atomic E-state index is 14.5. The summed E-state index contributed by atoms with van der Waals surface area (Å²) in [6, 6.07) is 11.1. The van der Waals surface area contributed by atoms with E-state index in [0.717, 1.165) is 23.6 Å². The average Bonchev–Trinajstić information content (AvgIpc) is 2.79. The van der Waals surface area contributed by atoms with Gasteiger partial charge in [0, 0.05) is 39.3 Å². The predicted octanol–water partition coefficient (Wildman–Crippen LogP) is 2.83. The van der Waals surface area contributed by atoms with E-state index in [4.69, 9.17) is 4.74 Å². The molecule has 1 heterocycles. The average molecular weight is 450 g/mol. The normalized spacial score (nSPS) is 14.7. The summed E-state index contributed by atoms with van der Waals surface area (Å²) >= 11 is 0. The SMILES string of the molecule is CCN(CC)S(=O)(=O)c1ccc(F)c(C(=O)N2CCN(c3ccccc3OC)CC2)c1. The first-order valence-electron chi connectivity index (χ1n) is 10.3. The third-order valence-corrected chi connectivity index (χ3v) is 7.55. The minimum atomic E-state index is -3.78. The minimum Gasteiger partial charge on any atom is -0.495 e. The Labute approximate surface area is 183 Å². The maximum atomic E-state index is 14.5. The minimum absolute atomic E-state index is 0.0754. The number of halogens is 1. The second-order valence-electron chi connectivity index (χ2n) is 7.18. The lowest BCUT2D eigenvalue weighted by atomic mass is 10.1. The second kappa shape index (κ2) is 9.65. The number of carbonyl (C=O) groups excluding carboxylic acids is 1. The van der Waals surface area contributed by atoms with E-state index >= 15 is 0 Å². The molecule has 2 aromatic rings. The van der Waals surface area contributed by atoms with Crippen LogP contribution in [-0.2, 0) is 10.0 Å². The van der Waals surface area contributed by atoms with Crippen LogP contribution in [0.3, 0.4) is 0 Å². The van der Waals surface area contributed by atoms with Gasteiger partial charge in [0.2, 0.25) is 10.0 Å². The van der Waals surface area contributed by atoms with Crippen molar-refractivity contribution in [1.29, 1.82) is 0 Å². The molecule has 3 rings (SSSR count). The molecule has 1 aliphatic rings. The summed E-state index contributed by atoms with van der Waals surface area (Å²) in [7, 11) is -2.17. The molecule has 1 amide bonds. The molecule has 0 unspecified atom stereocenters. The van der Waals surface area contributed by atoms with Crippen molar-refractivity contribution in [2.75, 3.05) is 51.3 Å². The smallest absolute Gasteiger partial charge is 0.256 e. The highest BCUT2D eigenvalue weighted by atomic mass is 32.2. The van der Waals surface area contributed by atoms with Gasteiger partial charge in [0.15, 0.2) is 0 Å². The highest BCUT2D eigenvalue weighted by molar-refractivity contribution is 7.89. The summed E-state index contributed by atoms with van der Waals surface area (Å²) in [6.07, 6.45) is 0. The maximum Gasteiger partial charge on any atom is 0.256 e. The standard InChI is InChI=1S/C22H28FN3O4S/c1-4-26(5-2)31(28,29)17-10-11-19(23)18(16-17)22(27)25-14-12-24(13-15-25)20-8-6-7-9-21(20)30-3/h6-11,16H,4-5,12-15H2,1-3H3. The molecule has 0 atom stereocenters. The zero-order valence-electron chi connectivity index (χ0n) is 18.0. The Morgan fingerprint density at radius 1 is 1.06 bits per heavy atom. The number of piperazine rings is 1. The van der Waals surface area contributed by atoms with Crippen molar-refractivity contribution in [2.24, 2.45) is 0 Å². The molecule has 0 aliphatic carbocycles. The fraction of sp³-hybridized carbons (Fsp3) is 0.409. The molecular formula is C22H28FN3O4S. The third-order valence-electron chi connectivity index (χ3n) is 5.50. The number of amides is 1. The van der Waals surface area contributed by atoms with Crippen LogP contribution in [0.1, 0.15) is 24.2 Å². The van der Waals surface area contributed by atoms with Crippen molar-refractivity contribution in [2.45, 2.75) is 18.7 Å². The van der Waals surface area contributed by atoms with Gasteiger partial charge in [0.25, 0.3) is 5.91 Å². The summed E-state index contributed by atoms with van der Waals surface area (Å²) in [5.74, 6) is -0.480. The van der Waals surface area contributed by atoms with E-state index in [-0.39, 0.29) is 10.5 Å². The number of sulfonamides is 1. The molecule has 0 N–H and O–H groups in total. The number of benzene rings is 2. The Balaban J connectivity index is 1.78. The van der Waals surface area contributed by atoms with Crippen LogP contribution in [0.25, 0.3) is 0 Å². The topological polar surface area (TPSA) is 70.2 Å². The van der Waals surface area contributed by atoms with Crippen molar-refractivity contribution in [3.63, 3.8) is 0 Å². The molecule has 0 spiro atoms. The highest BCUT2D eigenvalue weighted by Gasteiger charge is 2.28. The number of para-hydroxylation sites is 2. The van der Waals surface area contributed by atoms with Gasteiger partial charge in [-0.2, -0.15) is 4.31 Å². The second-order valence-corrected chi connectivity index (χ2v) is 9.12. The quantitative estimate of drug-likeness (QED) is 0.650. The van der Waals surface area contributed by atoms with E-state index in [2.05, 4.69) is 4.90 Å². The summed E-state index contributed by atoms with van der Waals surface area (Å²) < 4.78 is 46.7. The predicted molar refractivity (Wildman–Crippen MR) is 118 cm³/mol. The van der Waals surface area contributed by atoms with Crippen molar-refractivity contribution < 1.29 is 22.3 Å². The Hall–Kier alpha value is -2.65. The fourth-order valence-corrected chi connectivity index (χ4v) is 5.24. The van der Waals surface area contributed by atoms with Crippen LogP contribution in [0.15, 0.2) is 47.4 Å². The Bertz CT molecular complexity index is 1030. The monoisotopic (exact) mass is 449 g/mol. The van der Waals surface area contributed by atoms with E-state index in [1.165, 1.54) is 10.4 Å². The zero-order valence-corrected chi connectivity index (χ0v) is 18.9. The number of hydrogen-bond donors (Lipinski definition) is 0. The van der Waals surface area contributed by atoms with Crippen LogP contribution >= 0.6 is 0 Å². The van der Waals surface area contributed by atoms with Gasteiger partial charge in [-0.25, -0.2) is 12.8 Å². The summed E-state index contributed by atoms with van der Waals surface area (Å²) in [5.41, 5.74) is 0.717. The fourth-order valence-electron chi connectivity index (χ4n) is 3.75. The molecule has 1 aliphatic heterocycles. The molecule has 7 nitrogen and oxygen atoms in total. The van der Waals surface area contributed by atoms with E-state index in [1.54, 1.807) is 25.9 Å². The first-order valence-corrected chi connectivity index (χ1v) is 11.7. The molecule has 2 aromatic carbocycles. The van der Waals surface area contributed by atoms with Crippen molar-refractivity contribution >= 4 is 21.6 Å². The van der Waals surface area contributed by atoms with Gasteiger partial charge in [-0.15, -0.1) is 0 Å². The number of nitrogens with zero attached hydrogens (tertiary/aromatic N) is 3. The summed E-state index contributed by atoms with van der Waals surface area (Å²) in [4.78, 5) is 16.6. The molecule has 0 aromatic heterocycles. The Morgan fingerprint density at radius 2 is 1.71 bits per heavy atom. The van der Waals surface area contributed by atoms with E-state index in [9.17, 15) is 17.6 Å². The van der Waals surface area contributed by atoms with Crippen molar-refractivity contribution in [1.82, 2.24) is 9.21 Å². The van der Waals surface area contributed by atoms with Gasteiger partial charge in [-0.3, -0.25) is 4.79 Å². The highest BCUT2D eigenvalue weighted by Crippen LogP contribution is 2.29. The Kier molecular flexibility index (Phi) is 7.17. The van der Waals surface area contributed by atoms with Crippen LogP contribution in [0.2, 0.25) is 0 Å². The van der Waals surface area contributed by atoms with Crippen molar-refractivity contribution in [3.05, 3.63) is 53.8 Å². The molecule has 1 fully saturated rings. The van der Waals surface area contributed by atoms with Gasteiger partial charge in [0.1, 0.15) is 11.6 Å². The third kappa shape index (κ3) is 4.67. The molecule has 31 heavy (non-hydrogen) atoms. The molecule has 1 saturated heterocycles. The number of hydrogen-bond acceptors (Lipinski definition) is 5. The molecular weight excluding hydrogens is 421 g/mol. The summed E-state index contributed by atoms with van der Waals surface area (Å²) in [6.45, 7) is 5.97. The zero-order chi connectivity index (χ0) is 22.6. The first kappa shape index (κ1) is 23.0.